The quantitative estimate of drug-likeness (QED) is 0.491. The van der Waals surface area contributed by atoms with Gasteiger partial charge in [-0.3, -0.25) is 0 Å². The maximum atomic E-state index is 4.87. The van der Waals surface area contributed by atoms with Gasteiger partial charge in [0.2, 0.25) is 0 Å². The molecule has 0 atom stereocenters. The van der Waals surface area contributed by atoms with E-state index in [0.717, 1.165) is 16.6 Å². The smallest absolute Gasteiger partial charge is 0.290 e. The molecule has 0 saturated heterocycles. The van der Waals surface area contributed by atoms with Gasteiger partial charge in [-0.2, -0.15) is 0 Å². The van der Waals surface area contributed by atoms with Crippen LogP contribution in [0.2, 0.25) is 0 Å². The molecule has 0 amide bonds. The Bertz CT molecular complexity index is 956. The first-order valence-electron chi connectivity index (χ1n) is 7.03. The Labute approximate surface area is 122 Å². The van der Waals surface area contributed by atoms with Crippen LogP contribution in [0.5, 0.6) is 0 Å². The molecule has 21 heavy (non-hydrogen) atoms. The molecule has 1 aromatic carbocycles. The summed E-state index contributed by atoms with van der Waals surface area (Å²) in [5.41, 5.74) is 4.47. The molecule has 0 bridgehead atoms. The van der Waals surface area contributed by atoms with E-state index in [1.807, 2.05) is 18.3 Å². The molecule has 0 unspecified atom stereocenters. The molecule has 4 nitrogen and oxygen atoms in total. The molecular weight excluding hydrogens is 260 g/mol. The van der Waals surface area contributed by atoms with Crippen LogP contribution in [0.4, 0.5) is 0 Å². The molecule has 0 spiro atoms. The van der Waals surface area contributed by atoms with E-state index in [2.05, 4.69) is 65.3 Å². The van der Waals surface area contributed by atoms with Gasteiger partial charge < -0.3 is 4.40 Å². The van der Waals surface area contributed by atoms with Gasteiger partial charge in [0.05, 0.1) is 25.2 Å². The first kappa shape index (κ1) is 12.1. The topological polar surface area (TPSA) is 26.1 Å². The lowest BCUT2D eigenvalue weighted by molar-refractivity contribution is -0.659. The van der Waals surface area contributed by atoms with Crippen molar-refractivity contribution in [2.45, 2.75) is 6.92 Å². The molecule has 0 aliphatic rings. The maximum Gasteiger partial charge on any atom is 0.290 e. The van der Waals surface area contributed by atoms with Crippen LogP contribution in [0.1, 0.15) is 5.56 Å². The van der Waals surface area contributed by atoms with Crippen molar-refractivity contribution in [3.63, 3.8) is 0 Å². The van der Waals surface area contributed by atoms with Gasteiger partial charge in [-0.05, 0) is 24.6 Å². The fourth-order valence-electron chi connectivity index (χ4n) is 3.01. The van der Waals surface area contributed by atoms with Gasteiger partial charge in [0.25, 0.3) is 5.82 Å². The van der Waals surface area contributed by atoms with Crippen LogP contribution in [0.15, 0.2) is 49.1 Å². The highest BCUT2D eigenvalue weighted by Crippen LogP contribution is 2.29. The fourth-order valence-corrected chi connectivity index (χ4v) is 3.01. The van der Waals surface area contributed by atoms with Crippen molar-refractivity contribution in [2.24, 2.45) is 14.1 Å². The summed E-state index contributed by atoms with van der Waals surface area (Å²) >= 11 is 0. The Hall–Kier alpha value is -2.62. The normalized spacial score (nSPS) is 11.6. The number of hydrogen-bond donors (Lipinski definition) is 0. The summed E-state index contributed by atoms with van der Waals surface area (Å²) in [5, 5.41) is 1.15. The molecule has 4 aromatic rings. The molecular formula is C17H17N4+. The van der Waals surface area contributed by atoms with Crippen molar-refractivity contribution in [3.8, 4) is 11.4 Å². The lowest BCUT2D eigenvalue weighted by Crippen LogP contribution is -2.29. The van der Waals surface area contributed by atoms with Crippen molar-refractivity contribution in [1.29, 1.82) is 0 Å². The fraction of sp³-hybridized carbons (Fsp3) is 0.176. The minimum atomic E-state index is 0.978. The third-order valence-corrected chi connectivity index (χ3v) is 4.08. The largest absolute Gasteiger partial charge is 0.308 e. The van der Waals surface area contributed by atoms with Gasteiger partial charge in [-0.1, -0.05) is 12.1 Å². The van der Waals surface area contributed by atoms with Crippen molar-refractivity contribution in [2.75, 3.05) is 0 Å². The molecule has 0 aliphatic carbocycles. The first-order valence-corrected chi connectivity index (χ1v) is 7.03. The Kier molecular flexibility index (Phi) is 2.42. The Morgan fingerprint density at radius 3 is 2.76 bits per heavy atom. The Balaban J connectivity index is 2.18. The monoisotopic (exact) mass is 277 g/mol. The third kappa shape index (κ3) is 1.69. The number of benzene rings is 1. The van der Waals surface area contributed by atoms with Gasteiger partial charge in [0.1, 0.15) is 18.0 Å². The van der Waals surface area contributed by atoms with Gasteiger partial charge >= 0.3 is 0 Å². The van der Waals surface area contributed by atoms with Gasteiger partial charge in [-0.25, -0.2) is 14.1 Å². The zero-order valence-corrected chi connectivity index (χ0v) is 12.4. The SMILES string of the molecule is Cc1ccc2cn3cccc3nc2c1-c1n(C)cc[n+]1C. The minimum absolute atomic E-state index is 0.978. The number of rotatable bonds is 1. The van der Waals surface area contributed by atoms with Crippen molar-refractivity contribution in [3.05, 3.63) is 54.6 Å². The van der Waals surface area contributed by atoms with Gasteiger partial charge in [0, 0.05) is 17.8 Å². The average Bonchev–Trinajstić information content (AvgIpc) is 3.04. The predicted octanol–water partition coefficient (Wildman–Crippen LogP) is 2.63. The van der Waals surface area contributed by atoms with E-state index in [-0.39, 0.29) is 0 Å². The molecule has 0 saturated carbocycles. The molecule has 0 radical (unpaired) electrons. The van der Waals surface area contributed by atoms with E-state index < -0.39 is 0 Å². The van der Waals surface area contributed by atoms with Crippen molar-refractivity contribution in [1.82, 2.24) is 14.0 Å². The molecule has 0 aliphatic heterocycles. The maximum absolute atomic E-state index is 4.87. The predicted molar refractivity (Wildman–Crippen MR) is 83.0 cm³/mol. The van der Waals surface area contributed by atoms with Crippen LogP contribution in [-0.4, -0.2) is 14.0 Å². The summed E-state index contributed by atoms with van der Waals surface area (Å²) < 4.78 is 6.35. The summed E-state index contributed by atoms with van der Waals surface area (Å²) in [6, 6.07) is 8.37. The highest BCUT2D eigenvalue weighted by Gasteiger charge is 2.20. The summed E-state index contributed by atoms with van der Waals surface area (Å²) in [4.78, 5) is 4.87. The zero-order valence-electron chi connectivity index (χ0n) is 12.4. The van der Waals surface area contributed by atoms with E-state index in [1.54, 1.807) is 0 Å². The highest BCUT2D eigenvalue weighted by atomic mass is 15.1. The van der Waals surface area contributed by atoms with E-state index in [1.165, 1.54) is 17.0 Å². The second-order valence-electron chi connectivity index (χ2n) is 5.55. The van der Waals surface area contributed by atoms with E-state index in [4.69, 9.17) is 4.98 Å². The first-order chi connectivity index (χ1) is 10.1. The molecule has 104 valence electrons. The zero-order chi connectivity index (χ0) is 14.6. The van der Waals surface area contributed by atoms with Crippen LogP contribution >= 0.6 is 0 Å². The van der Waals surface area contributed by atoms with Crippen LogP contribution in [-0.2, 0) is 14.1 Å². The second-order valence-corrected chi connectivity index (χ2v) is 5.55. The number of aromatic nitrogens is 4. The van der Waals surface area contributed by atoms with Gasteiger partial charge in [0.15, 0.2) is 0 Å². The summed E-state index contributed by atoms with van der Waals surface area (Å²) in [6.45, 7) is 2.14. The number of hydrogen-bond acceptors (Lipinski definition) is 1. The molecule has 4 heteroatoms. The summed E-state index contributed by atoms with van der Waals surface area (Å²) in [7, 11) is 4.15. The summed E-state index contributed by atoms with van der Waals surface area (Å²) in [6.07, 6.45) is 8.32. The molecule has 3 aromatic heterocycles. The molecule has 0 fully saturated rings. The van der Waals surface area contributed by atoms with Crippen LogP contribution in [0, 0.1) is 6.92 Å². The van der Waals surface area contributed by atoms with Crippen LogP contribution in [0.25, 0.3) is 27.9 Å². The third-order valence-electron chi connectivity index (χ3n) is 4.08. The molecule has 0 N–H and O–H groups in total. The number of nitrogens with zero attached hydrogens (tertiary/aromatic N) is 4. The minimum Gasteiger partial charge on any atom is -0.308 e. The Morgan fingerprint density at radius 1 is 1.14 bits per heavy atom. The Morgan fingerprint density at radius 2 is 2.00 bits per heavy atom. The lowest BCUT2D eigenvalue weighted by atomic mass is 10.0. The van der Waals surface area contributed by atoms with Crippen molar-refractivity contribution >= 4 is 16.6 Å². The van der Waals surface area contributed by atoms with E-state index >= 15 is 0 Å². The highest BCUT2D eigenvalue weighted by molar-refractivity contribution is 5.93. The van der Waals surface area contributed by atoms with E-state index in [9.17, 15) is 0 Å². The second kappa shape index (κ2) is 4.19. The van der Waals surface area contributed by atoms with Crippen LogP contribution < -0.4 is 4.57 Å². The molecule has 4 rings (SSSR count). The van der Waals surface area contributed by atoms with E-state index in [0.29, 0.717) is 0 Å². The molecule has 3 heterocycles. The summed E-state index contributed by atoms with van der Waals surface area (Å²) in [5.74, 6) is 1.17. The standard InChI is InChI=1S/C17H17N4/c1-12-6-7-13-11-21-8-4-5-14(21)18-16(13)15(12)17-19(2)9-10-20(17)3/h4-11H,1-3H3/q+1. The number of aryl methyl sites for hydroxylation is 3. The number of imidazole rings is 1. The lowest BCUT2D eigenvalue weighted by Gasteiger charge is -2.08. The number of fused-ring (bicyclic) bond motifs is 2. The van der Waals surface area contributed by atoms with Crippen molar-refractivity contribution < 1.29 is 4.57 Å². The average molecular weight is 277 g/mol. The van der Waals surface area contributed by atoms with Crippen LogP contribution in [0.3, 0.4) is 0 Å². The van der Waals surface area contributed by atoms with Gasteiger partial charge in [-0.15, -0.1) is 0 Å².